The molecule has 106 valence electrons. The number of ether oxygens (including phenoxy) is 1. The maximum atomic E-state index is 13.5. The van der Waals surface area contributed by atoms with Crippen LogP contribution in [0, 0.1) is 12.7 Å². The number of nitrogens with two attached hydrogens (primary N) is 1. The van der Waals surface area contributed by atoms with Crippen LogP contribution in [0.25, 0.3) is 0 Å². The quantitative estimate of drug-likeness (QED) is 0.651. The van der Waals surface area contributed by atoms with Gasteiger partial charge in [-0.15, -0.1) is 0 Å². The molecule has 0 saturated carbocycles. The highest BCUT2D eigenvalue weighted by atomic mass is 19.1. The summed E-state index contributed by atoms with van der Waals surface area (Å²) in [6, 6.07) is 12.6. The summed E-state index contributed by atoms with van der Waals surface area (Å²) < 4.78 is 18.7. The lowest BCUT2D eigenvalue weighted by atomic mass is 9.98. The number of methoxy groups -OCH3 is 1. The van der Waals surface area contributed by atoms with Crippen LogP contribution in [-0.4, -0.2) is 7.11 Å². The van der Waals surface area contributed by atoms with Gasteiger partial charge in [0.15, 0.2) is 0 Å². The molecule has 3 N–H and O–H groups in total. The first kappa shape index (κ1) is 14.5. The van der Waals surface area contributed by atoms with Gasteiger partial charge in [0.1, 0.15) is 11.6 Å². The Labute approximate surface area is 118 Å². The first-order valence-electron chi connectivity index (χ1n) is 6.48. The van der Waals surface area contributed by atoms with E-state index in [0.29, 0.717) is 6.42 Å². The molecule has 20 heavy (non-hydrogen) atoms. The molecule has 4 heteroatoms. The SMILES string of the molecule is COc1cccc(CC(NN)c2cc(C)cc(F)c2)c1. The largest absolute Gasteiger partial charge is 0.497 e. The van der Waals surface area contributed by atoms with Gasteiger partial charge in [-0.1, -0.05) is 18.2 Å². The molecule has 0 amide bonds. The second-order valence-corrected chi connectivity index (χ2v) is 4.84. The summed E-state index contributed by atoms with van der Waals surface area (Å²) in [5.41, 5.74) is 5.55. The Hall–Kier alpha value is -1.91. The average Bonchev–Trinajstić information content (AvgIpc) is 2.44. The predicted octanol–water partition coefficient (Wildman–Crippen LogP) is 2.89. The molecule has 0 saturated heterocycles. The molecule has 2 aromatic carbocycles. The van der Waals surface area contributed by atoms with E-state index in [1.54, 1.807) is 7.11 Å². The summed E-state index contributed by atoms with van der Waals surface area (Å²) in [6.07, 6.45) is 0.663. The summed E-state index contributed by atoms with van der Waals surface area (Å²) in [6.45, 7) is 1.87. The van der Waals surface area contributed by atoms with E-state index < -0.39 is 0 Å². The van der Waals surface area contributed by atoms with E-state index in [2.05, 4.69) is 5.43 Å². The summed E-state index contributed by atoms with van der Waals surface area (Å²) in [5, 5.41) is 0. The Morgan fingerprint density at radius 3 is 2.70 bits per heavy atom. The molecule has 2 aromatic rings. The fourth-order valence-corrected chi connectivity index (χ4v) is 2.27. The minimum absolute atomic E-state index is 0.142. The fourth-order valence-electron chi connectivity index (χ4n) is 2.27. The Morgan fingerprint density at radius 2 is 2.05 bits per heavy atom. The molecular weight excluding hydrogens is 255 g/mol. The molecule has 3 nitrogen and oxygen atoms in total. The molecule has 0 aromatic heterocycles. The fraction of sp³-hybridized carbons (Fsp3) is 0.250. The highest BCUT2D eigenvalue weighted by Crippen LogP contribution is 2.22. The van der Waals surface area contributed by atoms with Crippen LogP contribution in [-0.2, 0) is 6.42 Å². The van der Waals surface area contributed by atoms with Gasteiger partial charge in [0, 0.05) is 0 Å². The Morgan fingerprint density at radius 1 is 1.25 bits per heavy atom. The van der Waals surface area contributed by atoms with Gasteiger partial charge in [-0.2, -0.15) is 0 Å². The first-order chi connectivity index (χ1) is 9.62. The summed E-state index contributed by atoms with van der Waals surface area (Å²) in [7, 11) is 1.63. The van der Waals surface area contributed by atoms with E-state index in [-0.39, 0.29) is 11.9 Å². The molecule has 0 spiro atoms. The van der Waals surface area contributed by atoms with Crippen molar-refractivity contribution in [3.8, 4) is 5.75 Å². The van der Waals surface area contributed by atoms with Crippen molar-refractivity contribution in [2.75, 3.05) is 7.11 Å². The van der Waals surface area contributed by atoms with E-state index in [0.717, 1.165) is 22.4 Å². The second-order valence-electron chi connectivity index (χ2n) is 4.84. The van der Waals surface area contributed by atoms with Gasteiger partial charge in [-0.3, -0.25) is 11.3 Å². The molecule has 0 fully saturated rings. The monoisotopic (exact) mass is 274 g/mol. The maximum absolute atomic E-state index is 13.5. The first-order valence-corrected chi connectivity index (χ1v) is 6.48. The van der Waals surface area contributed by atoms with Gasteiger partial charge in [0.25, 0.3) is 0 Å². The van der Waals surface area contributed by atoms with E-state index in [1.165, 1.54) is 12.1 Å². The molecule has 0 radical (unpaired) electrons. The Bertz CT molecular complexity index is 566. The minimum atomic E-state index is -0.245. The van der Waals surface area contributed by atoms with Crippen LogP contribution in [0.15, 0.2) is 42.5 Å². The van der Waals surface area contributed by atoms with Crippen molar-refractivity contribution in [1.82, 2.24) is 5.43 Å². The van der Waals surface area contributed by atoms with Crippen LogP contribution in [0.1, 0.15) is 22.7 Å². The smallest absolute Gasteiger partial charge is 0.123 e. The molecule has 2 rings (SSSR count). The van der Waals surface area contributed by atoms with Gasteiger partial charge in [-0.05, 0) is 54.3 Å². The molecule has 1 unspecified atom stereocenters. The molecule has 1 atom stereocenters. The molecule has 0 aliphatic carbocycles. The normalized spacial score (nSPS) is 12.2. The number of rotatable bonds is 5. The van der Waals surface area contributed by atoms with Gasteiger partial charge in [-0.25, -0.2) is 4.39 Å². The van der Waals surface area contributed by atoms with Crippen LogP contribution < -0.4 is 16.0 Å². The lowest BCUT2D eigenvalue weighted by molar-refractivity contribution is 0.414. The lowest BCUT2D eigenvalue weighted by Crippen LogP contribution is -2.29. The number of hydrazine groups is 1. The van der Waals surface area contributed by atoms with Crippen molar-refractivity contribution in [1.29, 1.82) is 0 Å². The molecule has 0 aliphatic rings. The number of nitrogens with one attached hydrogen (secondary N) is 1. The Balaban J connectivity index is 2.23. The summed E-state index contributed by atoms with van der Waals surface area (Å²) in [4.78, 5) is 0. The van der Waals surface area contributed by atoms with Gasteiger partial charge >= 0.3 is 0 Å². The predicted molar refractivity (Wildman–Crippen MR) is 77.9 cm³/mol. The second kappa shape index (κ2) is 6.50. The van der Waals surface area contributed by atoms with E-state index in [1.807, 2.05) is 37.3 Å². The van der Waals surface area contributed by atoms with Gasteiger partial charge in [0.2, 0.25) is 0 Å². The topological polar surface area (TPSA) is 47.3 Å². The third-order valence-electron chi connectivity index (χ3n) is 3.24. The van der Waals surface area contributed by atoms with Crippen molar-refractivity contribution >= 4 is 0 Å². The average molecular weight is 274 g/mol. The third-order valence-corrected chi connectivity index (χ3v) is 3.24. The summed E-state index contributed by atoms with van der Waals surface area (Å²) in [5.74, 6) is 6.17. The number of halogens is 1. The molecule has 0 aliphatic heterocycles. The number of benzene rings is 2. The van der Waals surface area contributed by atoms with E-state index >= 15 is 0 Å². The van der Waals surface area contributed by atoms with E-state index in [9.17, 15) is 4.39 Å². The van der Waals surface area contributed by atoms with Gasteiger partial charge < -0.3 is 4.74 Å². The minimum Gasteiger partial charge on any atom is -0.497 e. The van der Waals surface area contributed by atoms with Gasteiger partial charge in [0.05, 0.1) is 13.2 Å². The zero-order chi connectivity index (χ0) is 14.5. The number of aryl methyl sites for hydroxylation is 1. The zero-order valence-electron chi connectivity index (χ0n) is 11.7. The zero-order valence-corrected chi connectivity index (χ0v) is 11.7. The highest BCUT2D eigenvalue weighted by Gasteiger charge is 2.12. The van der Waals surface area contributed by atoms with E-state index in [4.69, 9.17) is 10.6 Å². The van der Waals surface area contributed by atoms with Crippen LogP contribution in [0.4, 0.5) is 4.39 Å². The lowest BCUT2D eigenvalue weighted by Gasteiger charge is -2.17. The number of hydrogen-bond donors (Lipinski definition) is 2. The highest BCUT2D eigenvalue weighted by molar-refractivity contribution is 5.32. The molecule has 0 bridgehead atoms. The van der Waals surface area contributed by atoms with Crippen LogP contribution >= 0.6 is 0 Å². The van der Waals surface area contributed by atoms with Crippen LogP contribution in [0.2, 0.25) is 0 Å². The van der Waals surface area contributed by atoms with Crippen molar-refractivity contribution < 1.29 is 9.13 Å². The molecule has 0 heterocycles. The molecular formula is C16H19FN2O. The Kier molecular flexibility index (Phi) is 4.71. The van der Waals surface area contributed by atoms with Crippen LogP contribution in [0.3, 0.4) is 0 Å². The van der Waals surface area contributed by atoms with Crippen molar-refractivity contribution in [3.05, 3.63) is 65.0 Å². The summed E-state index contributed by atoms with van der Waals surface area (Å²) >= 11 is 0. The van der Waals surface area contributed by atoms with Crippen molar-refractivity contribution in [2.24, 2.45) is 5.84 Å². The van der Waals surface area contributed by atoms with Crippen molar-refractivity contribution in [3.63, 3.8) is 0 Å². The standard InChI is InChI=1S/C16H19FN2O/c1-11-6-13(10-14(17)7-11)16(19-18)9-12-4-3-5-15(8-12)20-2/h3-8,10,16,19H,9,18H2,1-2H3. The maximum Gasteiger partial charge on any atom is 0.123 e. The third kappa shape index (κ3) is 3.56. The van der Waals surface area contributed by atoms with Crippen molar-refractivity contribution in [2.45, 2.75) is 19.4 Å². The number of hydrogen-bond acceptors (Lipinski definition) is 3. The van der Waals surface area contributed by atoms with Crippen LogP contribution in [0.5, 0.6) is 5.75 Å².